The van der Waals surface area contributed by atoms with Crippen molar-refractivity contribution in [2.45, 2.75) is 19.9 Å². The predicted octanol–water partition coefficient (Wildman–Crippen LogP) is 2.60. The lowest BCUT2D eigenvalue weighted by atomic mass is 10.4. The van der Waals surface area contributed by atoms with Crippen LogP contribution in [0.15, 0.2) is 36.7 Å². The number of nitrogens with one attached hydrogen (secondary N) is 1. The summed E-state index contributed by atoms with van der Waals surface area (Å²) in [5.74, 6) is 1.80. The summed E-state index contributed by atoms with van der Waals surface area (Å²) in [7, 11) is 0. The zero-order valence-electron chi connectivity index (χ0n) is 8.88. The molecule has 2 heterocycles. The normalized spacial score (nSPS) is 10.6. The first-order chi connectivity index (χ1) is 7.27. The Morgan fingerprint density at radius 2 is 2.07 bits per heavy atom. The SMILES string of the molecule is CC(C)n1nccc1Nc1ccccn1. The van der Waals surface area contributed by atoms with Gasteiger partial charge in [-0.1, -0.05) is 6.07 Å². The molecule has 0 aliphatic rings. The molecular formula is C11H14N4. The number of rotatable bonds is 3. The molecule has 0 saturated heterocycles. The van der Waals surface area contributed by atoms with Gasteiger partial charge < -0.3 is 5.32 Å². The molecule has 2 aromatic rings. The van der Waals surface area contributed by atoms with E-state index in [1.54, 1.807) is 12.4 Å². The second-order valence-corrected chi connectivity index (χ2v) is 3.59. The van der Waals surface area contributed by atoms with Crippen LogP contribution in [0.3, 0.4) is 0 Å². The van der Waals surface area contributed by atoms with Gasteiger partial charge >= 0.3 is 0 Å². The Bertz CT molecular complexity index is 419. The van der Waals surface area contributed by atoms with Gasteiger partial charge in [0.1, 0.15) is 11.6 Å². The van der Waals surface area contributed by atoms with Crippen LogP contribution < -0.4 is 5.32 Å². The van der Waals surface area contributed by atoms with Crippen LogP contribution in [0, 0.1) is 0 Å². The molecule has 2 rings (SSSR count). The maximum absolute atomic E-state index is 4.24. The monoisotopic (exact) mass is 202 g/mol. The molecule has 4 heteroatoms. The first kappa shape index (κ1) is 9.71. The molecule has 0 amide bonds. The molecule has 2 aromatic heterocycles. The van der Waals surface area contributed by atoms with Crippen LogP contribution in [-0.4, -0.2) is 14.8 Å². The number of hydrogen-bond acceptors (Lipinski definition) is 3. The molecule has 0 saturated carbocycles. The van der Waals surface area contributed by atoms with Crippen molar-refractivity contribution in [3.8, 4) is 0 Å². The minimum atomic E-state index is 0.339. The van der Waals surface area contributed by atoms with Crippen LogP contribution >= 0.6 is 0 Å². The third-order valence-corrected chi connectivity index (χ3v) is 2.08. The van der Waals surface area contributed by atoms with Crippen LogP contribution in [0.2, 0.25) is 0 Å². The van der Waals surface area contributed by atoms with Gasteiger partial charge in [-0.3, -0.25) is 0 Å². The molecule has 0 bridgehead atoms. The standard InChI is InChI=1S/C11H14N4/c1-9(2)15-11(6-8-13-15)14-10-5-3-4-7-12-10/h3-9H,1-2H3,(H,12,14). The molecule has 0 aliphatic heterocycles. The molecule has 0 fully saturated rings. The molecule has 4 nitrogen and oxygen atoms in total. The van der Waals surface area contributed by atoms with Crippen LogP contribution in [0.25, 0.3) is 0 Å². The van der Waals surface area contributed by atoms with E-state index in [1.807, 2.05) is 28.9 Å². The van der Waals surface area contributed by atoms with E-state index in [0.717, 1.165) is 11.6 Å². The fourth-order valence-electron chi connectivity index (χ4n) is 1.39. The molecule has 1 N–H and O–H groups in total. The molecule has 0 aliphatic carbocycles. The second kappa shape index (κ2) is 4.13. The Morgan fingerprint density at radius 1 is 1.20 bits per heavy atom. The average Bonchev–Trinajstić information content (AvgIpc) is 2.67. The minimum Gasteiger partial charge on any atom is -0.325 e. The van der Waals surface area contributed by atoms with E-state index in [9.17, 15) is 0 Å². The first-order valence-electron chi connectivity index (χ1n) is 4.99. The van der Waals surface area contributed by atoms with Gasteiger partial charge in [-0.05, 0) is 26.0 Å². The highest BCUT2D eigenvalue weighted by atomic mass is 15.3. The largest absolute Gasteiger partial charge is 0.325 e. The van der Waals surface area contributed by atoms with E-state index >= 15 is 0 Å². The van der Waals surface area contributed by atoms with Crippen molar-refractivity contribution in [2.75, 3.05) is 5.32 Å². The van der Waals surface area contributed by atoms with Crippen LogP contribution in [0.1, 0.15) is 19.9 Å². The van der Waals surface area contributed by atoms with E-state index in [1.165, 1.54) is 0 Å². The highest BCUT2D eigenvalue weighted by Gasteiger charge is 2.05. The second-order valence-electron chi connectivity index (χ2n) is 3.59. The number of anilines is 2. The topological polar surface area (TPSA) is 42.7 Å². The van der Waals surface area contributed by atoms with Crippen LogP contribution in [0.5, 0.6) is 0 Å². The quantitative estimate of drug-likeness (QED) is 0.831. The van der Waals surface area contributed by atoms with Crippen LogP contribution in [-0.2, 0) is 0 Å². The van der Waals surface area contributed by atoms with Gasteiger partial charge in [-0.25, -0.2) is 9.67 Å². The summed E-state index contributed by atoms with van der Waals surface area (Å²) < 4.78 is 1.93. The van der Waals surface area contributed by atoms with Crippen molar-refractivity contribution in [2.24, 2.45) is 0 Å². The fraction of sp³-hybridized carbons (Fsp3) is 0.273. The predicted molar refractivity (Wildman–Crippen MR) is 60.1 cm³/mol. The van der Waals surface area contributed by atoms with E-state index in [-0.39, 0.29) is 0 Å². The fourth-order valence-corrected chi connectivity index (χ4v) is 1.39. The van der Waals surface area contributed by atoms with Crippen molar-refractivity contribution in [3.05, 3.63) is 36.7 Å². The van der Waals surface area contributed by atoms with Gasteiger partial charge in [0.25, 0.3) is 0 Å². The average molecular weight is 202 g/mol. The number of aromatic nitrogens is 3. The molecule has 0 unspecified atom stereocenters. The van der Waals surface area contributed by atoms with Crippen molar-refractivity contribution in [1.29, 1.82) is 0 Å². The van der Waals surface area contributed by atoms with Crippen molar-refractivity contribution >= 4 is 11.6 Å². The maximum atomic E-state index is 4.24. The molecule has 0 radical (unpaired) electrons. The third-order valence-electron chi connectivity index (χ3n) is 2.08. The Kier molecular flexibility index (Phi) is 2.67. The molecule has 15 heavy (non-hydrogen) atoms. The Labute approximate surface area is 89.0 Å². The highest BCUT2D eigenvalue weighted by molar-refractivity contribution is 5.51. The zero-order chi connectivity index (χ0) is 10.7. The van der Waals surface area contributed by atoms with E-state index in [0.29, 0.717) is 6.04 Å². The van der Waals surface area contributed by atoms with Gasteiger partial charge in [0.05, 0.1) is 6.20 Å². The molecule has 0 aromatic carbocycles. The van der Waals surface area contributed by atoms with Crippen molar-refractivity contribution in [3.63, 3.8) is 0 Å². The van der Waals surface area contributed by atoms with Gasteiger partial charge in [0.15, 0.2) is 0 Å². The number of pyridine rings is 1. The minimum absolute atomic E-state index is 0.339. The summed E-state index contributed by atoms with van der Waals surface area (Å²) in [6.07, 6.45) is 3.55. The zero-order valence-corrected chi connectivity index (χ0v) is 8.88. The Balaban J connectivity index is 2.21. The lowest BCUT2D eigenvalue weighted by molar-refractivity contribution is 0.539. The summed E-state index contributed by atoms with van der Waals surface area (Å²) >= 11 is 0. The molecule has 0 atom stereocenters. The smallest absolute Gasteiger partial charge is 0.131 e. The third kappa shape index (κ3) is 2.15. The highest BCUT2D eigenvalue weighted by Crippen LogP contribution is 2.16. The van der Waals surface area contributed by atoms with Crippen LogP contribution in [0.4, 0.5) is 11.6 Å². The summed E-state index contributed by atoms with van der Waals surface area (Å²) in [6, 6.07) is 8.05. The van der Waals surface area contributed by atoms with E-state index < -0.39 is 0 Å². The summed E-state index contributed by atoms with van der Waals surface area (Å²) in [5.41, 5.74) is 0. The summed E-state index contributed by atoms with van der Waals surface area (Å²) in [6.45, 7) is 4.19. The number of hydrogen-bond donors (Lipinski definition) is 1. The van der Waals surface area contributed by atoms with Gasteiger partial charge in [-0.15, -0.1) is 0 Å². The lowest BCUT2D eigenvalue weighted by Crippen LogP contribution is -2.07. The van der Waals surface area contributed by atoms with Crippen molar-refractivity contribution in [1.82, 2.24) is 14.8 Å². The maximum Gasteiger partial charge on any atom is 0.131 e. The molecular weight excluding hydrogens is 188 g/mol. The Hall–Kier alpha value is -1.84. The molecule has 78 valence electrons. The van der Waals surface area contributed by atoms with Gasteiger partial charge in [0.2, 0.25) is 0 Å². The Morgan fingerprint density at radius 3 is 2.73 bits per heavy atom. The van der Waals surface area contributed by atoms with E-state index in [2.05, 4.69) is 29.2 Å². The van der Waals surface area contributed by atoms with Gasteiger partial charge in [-0.2, -0.15) is 5.10 Å². The van der Waals surface area contributed by atoms with Crippen molar-refractivity contribution < 1.29 is 0 Å². The van der Waals surface area contributed by atoms with Gasteiger partial charge in [0, 0.05) is 18.3 Å². The lowest BCUT2D eigenvalue weighted by Gasteiger charge is -2.11. The van der Waals surface area contributed by atoms with E-state index in [4.69, 9.17) is 0 Å². The first-order valence-corrected chi connectivity index (χ1v) is 4.99. The summed E-state index contributed by atoms with van der Waals surface area (Å²) in [5, 5.41) is 7.46. The molecule has 0 spiro atoms. The number of nitrogens with zero attached hydrogens (tertiary/aromatic N) is 3. The summed E-state index contributed by atoms with van der Waals surface area (Å²) in [4.78, 5) is 4.20.